The maximum Gasteiger partial charge on any atom is 0.248 e. The molecule has 112 valence electrons. The third-order valence-corrected chi connectivity index (χ3v) is 3.86. The monoisotopic (exact) mass is 316 g/mol. The number of carbonyl (C=O) groups is 1. The number of pyridine rings is 1. The van der Waals surface area contributed by atoms with Gasteiger partial charge in [-0.05, 0) is 18.2 Å². The van der Waals surface area contributed by atoms with Gasteiger partial charge in [0, 0.05) is 23.2 Å². The number of anilines is 1. The second kappa shape index (κ2) is 5.79. The van der Waals surface area contributed by atoms with Crippen LogP contribution in [0.3, 0.4) is 0 Å². The average Bonchev–Trinajstić information content (AvgIpc) is 2.53. The van der Waals surface area contributed by atoms with E-state index in [1.165, 1.54) is 6.20 Å². The highest BCUT2D eigenvalue weighted by Crippen LogP contribution is 2.32. The van der Waals surface area contributed by atoms with E-state index in [2.05, 4.69) is 11.1 Å². The number of morpholine rings is 1. The minimum absolute atomic E-state index is 0.301. The Morgan fingerprint density at radius 3 is 3.09 bits per heavy atom. The summed E-state index contributed by atoms with van der Waals surface area (Å²) in [6.45, 7) is 1.22. The van der Waals surface area contributed by atoms with Crippen LogP contribution in [0.1, 0.15) is 5.56 Å². The number of nitriles is 1. The maximum atomic E-state index is 11.4. The Balaban J connectivity index is 2.14. The van der Waals surface area contributed by atoms with E-state index < -0.39 is 12.0 Å². The standard InChI is InChI=1S/C15H13ClN4O2/c16-10-1-2-12-11(5-10)14(9(6-17)7-19-12)20-3-4-22-13(8-20)15(18)21/h1-2,5,7,13H,3-4,8H2,(H2,18,21)/t13-/m0/s1. The van der Waals surface area contributed by atoms with Crippen molar-refractivity contribution in [2.24, 2.45) is 5.73 Å². The third kappa shape index (κ3) is 2.56. The first-order valence-electron chi connectivity index (χ1n) is 6.74. The van der Waals surface area contributed by atoms with Crippen LogP contribution in [0.2, 0.25) is 5.02 Å². The van der Waals surface area contributed by atoms with Crippen LogP contribution in [-0.2, 0) is 9.53 Å². The number of carbonyl (C=O) groups excluding carboxylic acids is 1. The summed E-state index contributed by atoms with van der Waals surface area (Å²) in [5, 5.41) is 10.7. The first kappa shape index (κ1) is 14.6. The van der Waals surface area contributed by atoms with E-state index in [9.17, 15) is 10.1 Å². The van der Waals surface area contributed by atoms with Gasteiger partial charge in [0.05, 0.1) is 29.9 Å². The van der Waals surface area contributed by atoms with Crippen molar-refractivity contribution in [3.63, 3.8) is 0 Å². The number of amides is 1. The molecule has 1 saturated heterocycles. The Hall–Kier alpha value is -2.36. The zero-order chi connectivity index (χ0) is 15.7. The van der Waals surface area contributed by atoms with Crippen molar-refractivity contribution in [3.8, 4) is 6.07 Å². The molecule has 6 nitrogen and oxygen atoms in total. The fourth-order valence-corrected chi connectivity index (χ4v) is 2.77. The molecule has 3 rings (SSSR count). The van der Waals surface area contributed by atoms with Crippen molar-refractivity contribution < 1.29 is 9.53 Å². The van der Waals surface area contributed by atoms with Crippen LogP contribution in [-0.4, -0.2) is 36.7 Å². The molecule has 1 atom stereocenters. The number of rotatable bonds is 2. The van der Waals surface area contributed by atoms with E-state index in [4.69, 9.17) is 22.1 Å². The normalized spacial score (nSPS) is 18.2. The second-order valence-corrected chi connectivity index (χ2v) is 5.44. The molecular formula is C15H13ClN4O2. The van der Waals surface area contributed by atoms with Crippen molar-refractivity contribution in [2.45, 2.75) is 6.10 Å². The summed E-state index contributed by atoms with van der Waals surface area (Å²) in [6.07, 6.45) is 0.836. The molecule has 0 bridgehead atoms. The number of fused-ring (bicyclic) bond motifs is 1. The van der Waals surface area contributed by atoms with Crippen molar-refractivity contribution in [3.05, 3.63) is 35.0 Å². The first-order valence-corrected chi connectivity index (χ1v) is 7.12. The van der Waals surface area contributed by atoms with Crippen LogP contribution in [0.5, 0.6) is 0 Å². The van der Waals surface area contributed by atoms with Crippen molar-refractivity contribution >= 4 is 34.1 Å². The van der Waals surface area contributed by atoms with Crippen LogP contribution < -0.4 is 10.6 Å². The van der Waals surface area contributed by atoms with Crippen LogP contribution in [0.15, 0.2) is 24.4 Å². The number of hydrogen-bond acceptors (Lipinski definition) is 5. The number of nitrogens with two attached hydrogens (primary N) is 1. The molecule has 1 aromatic heterocycles. The number of nitrogens with zero attached hydrogens (tertiary/aromatic N) is 3. The Morgan fingerprint density at radius 1 is 1.55 bits per heavy atom. The fraction of sp³-hybridized carbons (Fsp3) is 0.267. The highest BCUT2D eigenvalue weighted by atomic mass is 35.5. The average molecular weight is 317 g/mol. The summed E-state index contributed by atoms with van der Waals surface area (Å²) in [5.41, 5.74) is 7.21. The lowest BCUT2D eigenvalue weighted by atomic mass is 10.1. The van der Waals surface area contributed by atoms with Crippen molar-refractivity contribution in [1.29, 1.82) is 5.26 Å². The topological polar surface area (TPSA) is 92.2 Å². The van der Waals surface area contributed by atoms with Crippen LogP contribution in [0.4, 0.5) is 5.69 Å². The van der Waals surface area contributed by atoms with Gasteiger partial charge in [-0.15, -0.1) is 0 Å². The van der Waals surface area contributed by atoms with E-state index in [-0.39, 0.29) is 0 Å². The number of ether oxygens (including phenoxy) is 1. The Bertz CT molecular complexity index is 787. The molecule has 1 amide bonds. The smallest absolute Gasteiger partial charge is 0.248 e. The van der Waals surface area contributed by atoms with E-state index in [1.54, 1.807) is 18.2 Å². The SMILES string of the molecule is N#Cc1cnc2ccc(Cl)cc2c1N1CCO[C@H](C(N)=O)C1. The van der Waals surface area contributed by atoms with Crippen molar-refractivity contribution in [1.82, 2.24) is 4.98 Å². The van der Waals surface area contributed by atoms with Gasteiger partial charge in [-0.3, -0.25) is 9.78 Å². The Kier molecular flexibility index (Phi) is 3.84. The van der Waals surface area contributed by atoms with Crippen LogP contribution >= 0.6 is 11.6 Å². The van der Waals surface area contributed by atoms with E-state index >= 15 is 0 Å². The van der Waals surface area contributed by atoms with Gasteiger partial charge in [-0.2, -0.15) is 5.26 Å². The first-order chi connectivity index (χ1) is 10.6. The Morgan fingerprint density at radius 2 is 2.36 bits per heavy atom. The van der Waals surface area contributed by atoms with Gasteiger partial charge >= 0.3 is 0 Å². The van der Waals surface area contributed by atoms with Gasteiger partial charge in [-0.1, -0.05) is 11.6 Å². The van der Waals surface area contributed by atoms with Crippen molar-refractivity contribution in [2.75, 3.05) is 24.6 Å². The molecule has 1 fully saturated rings. The van der Waals surface area contributed by atoms with Gasteiger partial charge in [0.15, 0.2) is 6.10 Å². The minimum atomic E-state index is -0.692. The number of aromatic nitrogens is 1. The molecule has 0 unspecified atom stereocenters. The number of halogens is 1. The quantitative estimate of drug-likeness (QED) is 0.905. The second-order valence-electron chi connectivity index (χ2n) is 5.00. The summed E-state index contributed by atoms with van der Waals surface area (Å²) in [4.78, 5) is 17.6. The highest BCUT2D eigenvalue weighted by molar-refractivity contribution is 6.31. The molecule has 2 aromatic rings. The zero-order valence-corrected chi connectivity index (χ0v) is 12.4. The molecule has 0 radical (unpaired) electrons. The molecule has 1 aromatic carbocycles. The van der Waals surface area contributed by atoms with E-state index in [0.29, 0.717) is 36.0 Å². The van der Waals surface area contributed by atoms with E-state index in [0.717, 1.165) is 10.9 Å². The summed E-state index contributed by atoms with van der Waals surface area (Å²) in [6, 6.07) is 7.47. The largest absolute Gasteiger partial charge is 0.367 e. The molecule has 22 heavy (non-hydrogen) atoms. The Labute approximate surface area is 132 Å². The third-order valence-electron chi connectivity index (χ3n) is 3.62. The predicted octanol–water partition coefficient (Wildman–Crippen LogP) is 1.45. The molecule has 7 heteroatoms. The molecule has 0 aliphatic carbocycles. The van der Waals surface area contributed by atoms with Gasteiger partial charge in [0.1, 0.15) is 6.07 Å². The number of hydrogen-bond donors (Lipinski definition) is 1. The summed E-state index contributed by atoms with van der Waals surface area (Å²) in [5.74, 6) is -0.514. The lowest BCUT2D eigenvalue weighted by Gasteiger charge is -2.34. The molecular weight excluding hydrogens is 304 g/mol. The highest BCUT2D eigenvalue weighted by Gasteiger charge is 2.27. The molecule has 0 saturated carbocycles. The molecule has 1 aliphatic rings. The van der Waals surface area contributed by atoms with Gasteiger partial charge in [-0.25, -0.2) is 0 Å². The minimum Gasteiger partial charge on any atom is -0.367 e. The number of benzene rings is 1. The van der Waals surface area contributed by atoms with E-state index in [1.807, 2.05) is 4.90 Å². The summed E-state index contributed by atoms with van der Waals surface area (Å²) >= 11 is 6.08. The lowest BCUT2D eigenvalue weighted by molar-refractivity contribution is -0.130. The fourth-order valence-electron chi connectivity index (χ4n) is 2.60. The van der Waals surface area contributed by atoms with Gasteiger partial charge in [0.25, 0.3) is 0 Å². The maximum absolute atomic E-state index is 11.4. The van der Waals surface area contributed by atoms with Crippen LogP contribution in [0.25, 0.3) is 10.9 Å². The summed E-state index contributed by atoms with van der Waals surface area (Å²) in [7, 11) is 0. The predicted molar refractivity (Wildman–Crippen MR) is 82.6 cm³/mol. The molecule has 2 N–H and O–H groups in total. The zero-order valence-electron chi connectivity index (χ0n) is 11.6. The molecule has 2 heterocycles. The van der Waals surface area contributed by atoms with Crippen LogP contribution in [0, 0.1) is 11.3 Å². The lowest BCUT2D eigenvalue weighted by Crippen LogP contribution is -2.48. The molecule has 0 spiro atoms. The summed E-state index contributed by atoms with van der Waals surface area (Å²) < 4.78 is 5.36. The molecule has 1 aliphatic heterocycles. The van der Waals surface area contributed by atoms with Gasteiger partial charge in [0.2, 0.25) is 5.91 Å². The number of primary amides is 1. The van der Waals surface area contributed by atoms with Gasteiger partial charge < -0.3 is 15.4 Å².